The predicted octanol–water partition coefficient (Wildman–Crippen LogP) is 5.89. The molecule has 176 valence electrons. The summed E-state index contributed by atoms with van der Waals surface area (Å²) in [5.74, 6) is -0.594. The SMILES string of the molecule is CCCCC(O)c1cncc(CC2C(Cl)CC[C@@H]2CCCc2nc(F)c(C(=O)OC)s2)c1. The Bertz CT molecular complexity index is 894. The van der Waals surface area contributed by atoms with Crippen LogP contribution < -0.4 is 0 Å². The van der Waals surface area contributed by atoms with Crippen LogP contribution in [0.25, 0.3) is 0 Å². The van der Waals surface area contributed by atoms with Gasteiger partial charge in [-0.25, -0.2) is 9.78 Å². The molecule has 0 spiro atoms. The Morgan fingerprint density at radius 1 is 1.38 bits per heavy atom. The van der Waals surface area contributed by atoms with E-state index in [1.165, 1.54) is 7.11 Å². The molecule has 4 atom stereocenters. The number of aliphatic hydroxyl groups excluding tert-OH is 1. The fraction of sp³-hybridized carbons (Fsp3) is 0.625. The van der Waals surface area contributed by atoms with Gasteiger partial charge in [0.2, 0.25) is 5.95 Å². The molecule has 2 heterocycles. The summed E-state index contributed by atoms with van der Waals surface area (Å²) in [6, 6.07) is 2.07. The lowest BCUT2D eigenvalue weighted by Gasteiger charge is -2.22. The van der Waals surface area contributed by atoms with Crippen molar-refractivity contribution in [2.24, 2.45) is 11.8 Å². The molecule has 2 aromatic heterocycles. The molecule has 0 aliphatic heterocycles. The second-order valence-electron chi connectivity index (χ2n) is 8.62. The van der Waals surface area contributed by atoms with Crippen molar-refractivity contribution in [3.05, 3.63) is 45.4 Å². The van der Waals surface area contributed by atoms with E-state index in [9.17, 15) is 14.3 Å². The number of aliphatic hydroxyl groups is 1. The number of pyridine rings is 1. The van der Waals surface area contributed by atoms with Gasteiger partial charge < -0.3 is 9.84 Å². The highest BCUT2D eigenvalue weighted by Crippen LogP contribution is 2.41. The molecule has 0 amide bonds. The predicted molar refractivity (Wildman–Crippen MR) is 125 cm³/mol. The minimum absolute atomic E-state index is 0.0597. The van der Waals surface area contributed by atoms with Crippen LogP contribution in [0.15, 0.2) is 18.5 Å². The van der Waals surface area contributed by atoms with Gasteiger partial charge in [-0.15, -0.1) is 22.9 Å². The molecule has 32 heavy (non-hydrogen) atoms. The first-order valence-corrected chi connectivity index (χ1v) is 12.7. The highest BCUT2D eigenvalue weighted by molar-refractivity contribution is 7.13. The standard InChI is InChI=1S/C24H32ClFN2O3S/c1-3-4-7-20(29)17-11-15(13-27-14-17)12-18-16(9-10-19(18)25)6-5-8-21-28-23(26)22(32-21)24(30)31-2/h11,13-14,16,18-20,29H,3-10,12H2,1-2H3/t16-,18?,19?,20?/m0/s1. The number of aromatic nitrogens is 2. The highest BCUT2D eigenvalue weighted by atomic mass is 35.5. The summed E-state index contributed by atoms with van der Waals surface area (Å²) in [6.45, 7) is 2.12. The number of methoxy groups -OCH3 is 1. The van der Waals surface area contributed by atoms with Gasteiger partial charge in [0.25, 0.3) is 0 Å². The van der Waals surface area contributed by atoms with Crippen LogP contribution in [0.3, 0.4) is 0 Å². The Labute approximate surface area is 198 Å². The molecule has 8 heteroatoms. The third-order valence-electron chi connectivity index (χ3n) is 6.35. The largest absolute Gasteiger partial charge is 0.465 e. The Kier molecular flexibility index (Phi) is 9.44. The second-order valence-corrected chi connectivity index (χ2v) is 10.3. The van der Waals surface area contributed by atoms with E-state index < -0.39 is 18.0 Å². The molecule has 0 radical (unpaired) electrons. The zero-order valence-corrected chi connectivity index (χ0v) is 20.3. The Morgan fingerprint density at radius 2 is 2.19 bits per heavy atom. The number of rotatable bonds is 11. The number of carbonyl (C=O) groups excluding carboxylic acids is 1. The van der Waals surface area contributed by atoms with Gasteiger partial charge in [-0.3, -0.25) is 4.98 Å². The van der Waals surface area contributed by atoms with Crippen molar-refractivity contribution in [3.8, 4) is 0 Å². The van der Waals surface area contributed by atoms with Crippen molar-refractivity contribution < 1.29 is 19.0 Å². The zero-order chi connectivity index (χ0) is 23.1. The Morgan fingerprint density at radius 3 is 2.94 bits per heavy atom. The van der Waals surface area contributed by atoms with E-state index in [1.807, 2.05) is 6.20 Å². The average molecular weight is 483 g/mol. The number of hydrogen-bond acceptors (Lipinski definition) is 6. The third kappa shape index (κ3) is 6.49. The van der Waals surface area contributed by atoms with E-state index in [1.54, 1.807) is 6.20 Å². The van der Waals surface area contributed by atoms with Gasteiger partial charge in [-0.2, -0.15) is 4.39 Å². The quantitative estimate of drug-likeness (QED) is 0.319. The van der Waals surface area contributed by atoms with Gasteiger partial charge in [0.1, 0.15) is 0 Å². The number of carbonyl (C=O) groups is 1. The lowest BCUT2D eigenvalue weighted by Crippen LogP contribution is -2.18. The van der Waals surface area contributed by atoms with E-state index in [-0.39, 0.29) is 10.3 Å². The van der Waals surface area contributed by atoms with Gasteiger partial charge in [0.05, 0.1) is 18.2 Å². The number of unbranched alkanes of at least 4 members (excludes halogenated alkanes) is 1. The molecular formula is C24H32ClFN2O3S. The summed E-state index contributed by atoms with van der Waals surface area (Å²) in [5, 5.41) is 11.2. The Hall–Kier alpha value is -1.57. The summed E-state index contributed by atoms with van der Waals surface area (Å²) in [6.07, 6.45) is 11.3. The van der Waals surface area contributed by atoms with Crippen LogP contribution in [0.2, 0.25) is 0 Å². The van der Waals surface area contributed by atoms with Crippen molar-refractivity contribution in [1.29, 1.82) is 0 Å². The van der Waals surface area contributed by atoms with Crippen LogP contribution in [-0.2, 0) is 17.6 Å². The van der Waals surface area contributed by atoms with Crippen LogP contribution >= 0.6 is 22.9 Å². The second kappa shape index (κ2) is 12.1. The molecular weight excluding hydrogens is 451 g/mol. The van der Waals surface area contributed by atoms with Crippen LogP contribution in [0.4, 0.5) is 4.39 Å². The van der Waals surface area contributed by atoms with E-state index in [2.05, 4.69) is 27.7 Å². The van der Waals surface area contributed by atoms with Crippen LogP contribution in [0, 0.1) is 17.8 Å². The summed E-state index contributed by atoms with van der Waals surface area (Å²) in [4.78, 5) is 19.8. The van der Waals surface area contributed by atoms with Crippen molar-refractivity contribution in [1.82, 2.24) is 9.97 Å². The fourth-order valence-electron chi connectivity index (χ4n) is 4.57. The van der Waals surface area contributed by atoms with Gasteiger partial charge in [0.15, 0.2) is 4.88 Å². The average Bonchev–Trinajstić information content (AvgIpc) is 3.34. The van der Waals surface area contributed by atoms with E-state index in [4.69, 9.17) is 11.6 Å². The first-order chi connectivity index (χ1) is 15.4. The lowest BCUT2D eigenvalue weighted by molar-refractivity contribution is 0.0601. The Balaban J connectivity index is 1.57. The maximum Gasteiger partial charge on any atom is 0.352 e. The minimum Gasteiger partial charge on any atom is -0.465 e. The maximum atomic E-state index is 13.8. The molecule has 1 aliphatic carbocycles. The molecule has 3 unspecified atom stereocenters. The molecule has 1 fully saturated rings. The smallest absolute Gasteiger partial charge is 0.352 e. The molecule has 0 saturated heterocycles. The number of alkyl halides is 1. The summed E-state index contributed by atoms with van der Waals surface area (Å²) < 4.78 is 18.4. The fourth-order valence-corrected chi connectivity index (χ4v) is 5.90. The van der Waals surface area contributed by atoms with E-state index >= 15 is 0 Å². The van der Waals surface area contributed by atoms with Gasteiger partial charge in [-0.05, 0) is 67.9 Å². The molecule has 5 nitrogen and oxygen atoms in total. The molecule has 1 saturated carbocycles. The number of hydrogen-bond donors (Lipinski definition) is 1. The van der Waals surface area contributed by atoms with Gasteiger partial charge in [0, 0.05) is 17.8 Å². The number of thiazole rings is 1. The summed E-state index contributed by atoms with van der Waals surface area (Å²) in [5.41, 5.74) is 1.99. The van der Waals surface area contributed by atoms with Crippen molar-refractivity contribution in [2.75, 3.05) is 7.11 Å². The first kappa shape index (κ1) is 25.1. The third-order valence-corrected chi connectivity index (χ3v) is 7.97. The van der Waals surface area contributed by atoms with Crippen molar-refractivity contribution in [2.45, 2.75) is 76.2 Å². The lowest BCUT2D eigenvalue weighted by atomic mass is 9.86. The molecule has 0 bridgehead atoms. The number of aryl methyl sites for hydroxylation is 1. The van der Waals surface area contributed by atoms with Gasteiger partial charge in [-0.1, -0.05) is 25.8 Å². The van der Waals surface area contributed by atoms with E-state index in [0.717, 1.165) is 73.8 Å². The number of esters is 1. The molecule has 3 rings (SSSR count). The molecule has 0 aromatic carbocycles. The first-order valence-electron chi connectivity index (χ1n) is 11.4. The van der Waals surface area contributed by atoms with E-state index in [0.29, 0.717) is 23.3 Å². The maximum absolute atomic E-state index is 13.8. The number of halogens is 2. The zero-order valence-electron chi connectivity index (χ0n) is 18.7. The summed E-state index contributed by atoms with van der Waals surface area (Å²) in [7, 11) is 1.24. The topological polar surface area (TPSA) is 72.3 Å². The van der Waals surface area contributed by atoms with Crippen LogP contribution in [0.5, 0.6) is 0 Å². The monoisotopic (exact) mass is 482 g/mol. The van der Waals surface area contributed by atoms with Crippen LogP contribution in [-0.4, -0.2) is 33.5 Å². The highest BCUT2D eigenvalue weighted by Gasteiger charge is 2.34. The van der Waals surface area contributed by atoms with Crippen molar-refractivity contribution in [3.63, 3.8) is 0 Å². The van der Waals surface area contributed by atoms with Crippen LogP contribution in [0.1, 0.15) is 83.8 Å². The molecule has 1 aliphatic rings. The minimum atomic E-state index is -0.745. The molecule has 1 N–H and O–H groups in total. The number of ether oxygens (including phenoxy) is 1. The number of nitrogens with zero attached hydrogens (tertiary/aromatic N) is 2. The normalized spacial score (nSPS) is 21.6. The van der Waals surface area contributed by atoms with Gasteiger partial charge >= 0.3 is 5.97 Å². The van der Waals surface area contributed by atoms with Crippen molar-refractivity contribution >= 4 is 28.9 Å². The summed E-state index contributed by atoms with van der Waals surface area (Å²) >= 11 is 7.75. The molecule has 2 aromatic rings.